The van der Waals surface area contributed by atoms with E-state index in [2.05, 4.69) is 159 Å². The summed E-state index contributed by atoms with van der Waals surface area (Å²) >= 11 is 0. The van der Waals surface area contributed by atoms with Gasteiger partial charge in [0.15, 0.2) is 0 Å². The summed E-state index contributed by atoms with van der Waals surface area (Å²) in [6.45, 7) is 6.75. The third-order valence-corrected chi connectivity index (χ3v) is 8.09. The summed E-state index contributed by atoms with van der Waals surface area (Å²) in [5, 5.41) is 4.66. The molecule has 0 N–H and O–H groups in total. The first-order valence-electron chi connectivity index (χ1n) is 14.7. The van der Waals surface area contributed by atoms with E-state index >= 15 is 0 Å². The number of rotatable bonds is 5. The van der Waals surface area contributed by atoms with Crippen molar-refractivity contribution < 1.29 is 0 Å². The van der Waals surface area contributed by atoms with Gasteiger partial charge in [0.2, 0.25) is 0 Å². The number of aromatic nitrogens is 2. The van der Waals surface area contributed by atoms with Crippen LogP contribution in [0.5, 0.6) is 0 Å². The Morgan fingerprint density at radius 2 is 0.953 bits per heavy atom. The van der Waals surface area contributed by atoms with Gasteiger partial charge in [-0.05, 0) is 70.3 Å². The molecule has 3 nitrogen and oxygen atoms in total. The van der Waals surface area contributed by atoms with E-state index in [1.165, 1.54) is 16.3 Å². The van der Waals surface area contributed by atoms with Crippen molar-refractivity contribution in [3.05, 3.63) is 151 Å². The van der Waals surface area contributed by atoms with Gasteiger partial charge in [-0.15, -0.1) is 0 Å². The number of fused-ring (bicyclic) bond motifs is 2. The Balaban J connectivity index is 1.39. The first-order valence-corrected chi connectivity index (χ1v) is 14.7. The molecule has 0 bridgehead atoms. The lowest BCUT2D eigenvalue weighted by molar-refractivity contribution is 0.590. The molecule has 0 aliphatic heterocycles. The summed E-state index contributed by atoms with van der Waals surface area (Å²) in [7, 11) is 0. The van der Waals surface area contributed by atoms with E-state index in [4.69, 9.17) is 9.97 Å². The van der Waals surface area contributed by atoms with Crippen LogP contribution in [0.25, 0.3) is 44.1 Å². The molecule has 2 aromatic heterocycles. The molecule has 0 aliphatic rings. The normalized spacial score (nSPS) is 11.6. The average Bonchev–Trinajstić information content (AvgIpc) is 3.04. The fraction of sp³-hybridized carbons (Fsp3) is 0.100. The molecule has 5 aromatic carbocycles. The minimum absolute atomic E-state index is 0.0727. The SMILES string of the molecule is CC(C)(C)c1ccc(N(c2cccc(-c3nccc4ccccc34)c2)c2cccc(-c3nccc4ccccc34)c2)cc1. The van der Waals surface area contributed by atoms with Crippen molar-refractivity contribution >= 4 is 38.6 Å². The molecule has 7 aromatic rings. The maximum atomic E-state index is 4.82. The first-order chi connectivity index (χ1) is 21.0. The summed E-state index contributed by atoms with van der Waals surface area (Å²) in [4.78, 5) is 12.0. The van der Waals surface area contributed by atoms with Gasteiger partial charge in [0.25, 0.3) is 0 Å². The van der Waals surface area contributed by atoms with Gasteiger partial charge in [-0.1, -0.05) is 106 Å². The maximum Gasteiger partial charge on any atom is 0.0781 e. The zero-order chi connectivity index (χ0) is 29.4. The van der Waals surface area contributed by atoms with Gasteiger partial charge in [-0.2, -0.15) is 0 Å². The maximum absolute atomic E-state index is 4.82. The van der Waals surface area contributed by atoms with Crippen LogP contribution in [-0.2, 0) is 5.41 Å². The van der Waals surface area contributed by atoms with Gasteiger partial charge in [0.1, 0.15) is 0 Å². The summed E-state index contributed by atoms with van der Waals surface area (Å²) in [5.41, 5.74) is 8.74. The van der Waals surface area contributed by atoms with Crippen molar-refractivity contribution in [2.75, 3.05) is 4.90 Å². The van der Waals surface area contributed by atoms with Crippen molar-refractivity contribution in [3.8, 4) is 22.5 Å². The van der Waals surface area contributed by atoms with Crippen LogP contribution in [0.2, 0.25) is 0 Å². The Labute approximate surface area is 253 Å². The summed E-state index contributed by atoms with van der Waals surface area (Å²) in [5.74, 6) is 0. The molecule has 0 saturated carbocycles. The highest BCUT2D eigenvalue weighted by Gasteiger charge is 2.18. The van der Waals surface area contributed by atoms with Crippen LogP contribution in [0, 0.1) is 0 Å². The van der Waals surface area contributed by atoms with Gasteiger partial charge in [0, 0.05) is 51.4 Å². The van der Waals surface area contributed by atoms with Gasteiger partial charge < -0.3 is 4.90 Å². The van der Waals surface area contributed by atoms with E-state index < -0.39 is 0 Å². The highest BCUT2D eigenvalue weighted by atomic mass is 15.1. The van der Waals surface area contributed by atoms with E-state index in [1.54, 1.807) is 0 Å². The van der Waals surface area contributed by atoms with Crippen molar-refractivity contribution in [2.45, 2.75) is 26.2 Å². The van der Waals surface area contributed by atoms with E-state index in [-0.39, 0.29) is 5.41 Å². The predicted octanol–water partition coefficient (Wildman–Crippen LogP) is 10.9. The number of hydrogen-bond acceptors (Lipinski definition) is 3. The third-order valence-electron chi connectivity index (χ3n) is 8.09. The number of pyridine rings is 2. The van der Waals surface area contributed by atoms with Crippen molar-refractivity contribution in [3.63, 3.8) is 0 Å². The lowest BCUT2D eigenvalue weighted by atomic mass is 9.87. The lowest BCUT2D eigenvalue weighted by Crippen LogP contribution is -2.13. The topological polar surface area (TPSA) is 29.0 Å². The van der Waals surface area contributed by atoms with E-state index in [0.717, 1.165) is 50.3 Å². The minimum Gasteiger partial charge on any atom is -0.310 e. The van der Waals surface area contributed by atoms with E-state index in [9.17, 15) is 0 Å². The Morgan fingerprint density at radius 3 is 1.44 bits per heavy atom. The lowest BCUT2D eigenvalue weighted by Gasteiger charge is -2.28. The number of nitrogens with zero attached hydrogens (tertiary/aromatic N) is 3. The Hall–Kier alpha value is -5.28. The van der Waals surface area contributed by atoms with Crippen LogP contribution in [0.15, 0.2) is 146 Å². The third kappa shape index (κ3) is 5.15. The molecule has 2 heterocycles. The van der Waals surface area contributed by atoms with Gasteiger partial charge >= 0.3 is 0 Å². The smallest absolute Gasteiger partial charge is 0.0781 e. The zero-order valence-corrected chi connectivity index (χ0v) is 24.7. The molecular weight excluding hydrogens is 522 g/mol. The van der Waals surface area contributed by atoms with Crippen molar-refractivity contribution in [1.82, 2.24) is 9.97 Å². The van der Waals surface area contributed by atoms with Crippen LogP contribution in [0.3, 0.4) is 0 Å². The summed E-state index contributed by atoms with van der Waals surface area (Å²) < 4.78 is 0. The molecule has 0 unspecified atom stereocenters. The van der Waals surface area contributed by atoms with E-state index in [1.807, 2.05) is 12.4 Å². The van der Waals surface area contributed by atoms with Crippen LogP contribution < -0.4 is 4.90 Å². The Morgan fingerprint density at radius 1 is 0.465 bits per heavy atom. The average molecular weight is 556 g/mol. The van der Waals surface area contributed by atoms with Crippen LogP contribution in [0.4, 0.5) is 17.1 Å². The standard InChI is InChI=1S/C40H33N3/c1-40(2,3)32-18-20-33(21-19-32)43(34-14-8-12-30(26-34)38-36-16-6-4-10-28(36)22-24-41-38)35-15-9-13-31(27-35)39-37-17-7-5-11-29(37)23-25-42-39/h4-27H,1-3H3. The Bertz CT molecular complexity index is 1940. The molecule has 0 saturated heterocycles. The van der Waals surface area contributed by atoms with Gasteiger partial charge in [0.05, 0.1) is 11.4 Å². The van der Waals surface area contributed by atoms with E-state index in [0.29, 0.717) is 0 Å². The second-order valence-corrected chi connectivity index (χ2v) is 12.0. The molecule has 0 spiro atoms. The molecule has 7 rings (SSSR count). The minimum atomic E-state index is 0.0727. The monoisotopic (exact) mass is 555 g/mol. The molecule has 0 atom stereocenters. The number of hydrogen-bond donors (Lipinski definition) is 0. The van der Waals surface area contributed by atoms with Crippen LogP contribution in [-0.4, -0.2) is 9.97 Å². The molecule has 0 radical (unpaired) electrons. The largest absolute Gasteiger partial charge is 0.310 e. The van der Waals surface area contributed by atoms with Gasteiger partial charge in [-0.25, -0.2) is 0 Å². The number of anilines is 3. The van der Waals surface area contributed by atoms with Crippen LogP contribution >= 0.6 is 0 Å². The highest BCUT2D eigenvalue weighted by molar-refractivity contribution is 5.97. The quantitative estimate of drug-likeness (QED) is 0.211. The second kappa shape index (κ2) is 10.8. The molecule has 0 amide bonds. The van der Waals surface area contributed by atoms with Crippen LogP contribution in [0.1, 0.15) is 26.3 Å². The molecule has 208 valence electrons. The van der Waals surface area contributed by atoms with Gasteiger partial charge in [-0.3, -0.25) is 9.97 Å². The van der Waals surface area contributed by atoms with Crippen molar-refractivity contribution in [1.29, 1.82) is 0 Å². The predicted molar refractivity (Wildman–Crippen MR) is 181 cm³/mol. The Kier molecular flexibility index (Phi) is 6.71. The summed E-state index contributed by atoms with van der Waals surface area (Å²) in [6.07, 6.45) is 3.79. The highest BCUT2D eigenvalue weighted by Crippen LogP contribution is 2.40. The summed E-state index contributed by atoms with van der Waals surface area (Å²) in [6, 6.07) is 47.3. The fourth-order valence-electron chi connectivity index (χ4n) is 5.84. The fourth-order valence-corrected chi connectivity index (χ4v) is 5.84. The second-order valence-electron chi connectivity index (χ2n) is 12.0. The molecular formula is C40H33N3. The van der Waals surface area contributed by atoms with Crippen molar-refractivity contribution in [2.24, 2.45) is 0 Å². The number of benzene rings is 5. The zero-order valence-electron chi connectivity index (χ0n) is 24.7. The molecule has 0 aliphatic carbocycles. The molecule has 43 heavy (non-hydrogen) atoms. The first kappa shape index (κ1) is 26.6. The molecule has 0 fully saturated rings. The molecule has 3 heteroatoms.